The molecule has 0 spiro atoms. The first-order chi connectivity index (χ1) is 9.74. The van der Waals surface area contributed by atoms with E-state index in [4.69, 9.17) is 9.47 Å². The normalized spacial score (nSPS) is 11.9. The zero-order valence-corrected chi connectivity index (χ0v) is 11.3. The van der Waals surface area contributed by atoms with E-state index < -0.39 is 5.82 Å². The molecule has 0 aliphatic rings. The molecular formula is C16H17FO3. The highest BCUT2D eigenvalue weighted by Crippen LogP contribution is 2.22. The molecule has 2 rings (SSSR count). The summed E-state index contributed by atoms with van der Waals surface area (Å²) >= 11 is 0. The average Bonchev–Trinajstić information content (AvgIpc) is 2.50. The van der Waals surface area contributed by atoms with Crippen molar-refractivity contribution in [3.8, 4) is 11.5 Å². The maximum Gasteiger partial charge on any atom is 0.165 e. The topological polar surface area (TPSA) is 38.7 Å². The predicted molar refractivity (Wildman–Crippen MR) is 74.7 cm³/mol. The van der Waals surface area contributed by atoms with Crippen molar-refractivity contribution in [2.24, 2.45) is 0 Å². The van der Waals surface area contributed by atoms with E-state index in [1.54, 1.807) is 25.3 Å². The number of rotatable bonds is 6. The molecule has 3 nitrogen and oxygen atoms in total. The van der Waals surface area contributed by atoms with Gasteiger partial charge in [-0.25, -0.2) is 4.39 Å². The van der Waals surface area contributed by atoms with E-state index in [1.807, 2.05) is 24.3 Å². The summed E-state index contributed by atoms with van der Waals surface area (Å²) in [5.41, 5.74) is 0.921. The van der Waals surface area contributed by atoms with Gasteiger partial charge in [-0.1, -0.05) is 24.3 Å². The monoisotopic (exact) mass is 276 g/mol. The highest BCUT2D eigenvalue weighted by Gasteiger charge is 2.13. The van der Waals surface area contributed by atoms with Crippen molar-refractivity contribution in [2.75, 3.05) is 20.3 Å². The summed E-state index contributed by atoms with van der Waals surface area (Å²) in [7, 11) is 1.60. The first-order valence-corrected chi connectivity index (χ1v) is 6.36. The Morgan fingerprint density at radius 1 is 1.10 bits per heavy atom. The molecule has 0 aliphatic carbocycles. The van der Waals surface area contributed by atoms with Crippen molar-refractivity contribution in [1.82, 2.24) is 0 Å². The molecule has 0 amide bonds. The molecule has 2 aromatic carbocycles. The van der Waals surface area contributed by atoms with Gasteiger partial charge in [-0.15, -0.1) is 0 Å². The molecule has 106 valence electrons. The Morgan fingerprint density at radius 3 is 2.40 bits per heavy atom. The molecule has 0 radical (unpaired) electrons. The van der Waals surface area contributed by atoms with Gasteiger partial charge in [0.05, 0.1) is 20.3 Å². The minimum Gasteiger partial charge on any atom is -0.497 e. The Balaban J connectivity index is 2.03. The summed E-state index contributed by atoms with van der Waals surface area (Å²) in [5, 5.41) is 9.45. The third-order valence-electron chi connectivity index (χ3n) is 3.08. The average molecular weight is 276 g/mol. The minimum atomic E-state index is -0.404. The standard InChI is InChI=1S/C16H17FO3/c1-19-14-8-6-12(7-9-14)13(10-18)11-20-16-5-3-2-4-15(16)17/h2-9,13,18H,10-11H2,1H3. The van der Waals surface area contributed by atoms with Gasteiger partial charge in [0.2, 0.25) is 0 Å². The summed E-state index contributed by atoms with van der Waals surface area (Å²) in [6.45, 7) is 0.143. The predicted octanol–water partition coefficient (Wildman–Crippen LogP) is 2.99. The van der Waals surface area contributed by atoms with Crippen LogP contribution >= 0.6 is 0 Å². The lowest BCUT2D eigenvalue weighted by molar-refractivity contribution is 0.201. The SMILES string of the molecule is COc1ccc(C(CO)COc2ccccc2F)cc1. The largest absolute Gasteiger partial charge is 0.497 e. The Bertz CT molecular complexity index is 540. The second-order valence-electron chi connectivity index (χ2n) is 4.39. The van der Waals surface area contributed by atoms with Crippen molar-refractivity contribution in [2.45, 2.75) is 5.92 Å². The van der Waals surface area contributed by atoms with Crippen molar-refractivity contribution < 1.29 is 19.0 Å². The number of aliphatic hydroxyl groups excluding tert-OH is 1. The number of benzene rings is 2. The third kappa shape index (κ3) is 3.48. The maximum absolute atomic E-state index is 13.4. The molecule has 1 unspecified atom stereocenters. The van der Waals surface area contributed by atoms with Crippen molar-refractivity contribution >= 4 is 0 Å². The summed E-state index contributed by atoms with van der Waals surface area (Å²) in [4.78, 5) is 0. The molecule has 20 heavy (non-hydrogen) atoms. The lowest BCUT2D eigenvalue weighted by Gasteiger charge is -2.16. The third-order valence-corrected chi connectivity index (χ3v) is 3.08. The second kappa shape index (κ2) is 6.91. The molecule has 0 saturated carbocycles. The van der Waals surface area contributed by atoms with Gasteiger partial charge in [0.15, 0.2) is 11.6 Å². The van der Waals surface area contributed by atoms with Crippen molar-refractivity contribution in [3.63, 3.8) is 0 Å². The minimum absolute atomic E-state index is 0.0687. The van der Waals surface area contributed by atoms with Crippen LogP contribution in [0.15, 0.2) is 48.5 Å². The fourth-order valence-electron chi connectivity index (χ4n) is 1.88. The van der Waals surface area contributed by atoms with Gasteiger partial charge in [-0.05, 0) is 29.8 Å². The van der Waals surface area contributed by atoms with Crippen LogP contribution in [0, 0.1) is 5.82 Å². The summed E-state index contributed by atoms with van der Waals surface area (Å²) in [6, 6.07) is 13.6. The molecular weight excluding hydrogens is 259 g/mol. The van der Waals surface area contributed by atoms with Gasteiger partial charge in [0.25, 0.3) is 0 Å². The molecule has 1 atom stereocenters. The molecule has 0 fully saturated rings. The molecule has 0 bridgehead atoms. The van der Waals surface area contributed by atoms with E-state index in [2.05, 4.69) is 0 Å². The van der Waals surface area contributed by atoms with Gasteiger partial charge in [0.1, 0.15) is 5.75 Å². The fraction of sp³-hybridized carbons (Fsp3) is 0.250. The van der Waals surface area contributed by atoms with Crippen LogP contribution in [0.4, 0.5) is 4.39 Å². The van der Waals surface area contributed by atoms with E-state index >= 15 is 0 Å². The number of hydrogen-bond donors (Lipinski definition) is 1. The lowest BCUT2D eigenvalue weighted by Crippen LogP contribution is -2.14. The van der Waals surface area contributed by atoms with Crippen LogP contribution in [0.25, 0.3) is 0 Å². The summed E-state index contributed by atoms with van der Waals surface area (Å²) in [5.74, 6) is 0.333. The quantitative estimate of drug-likeness (QED) is 0.881. The van der Waals surface area contributed by atoms with Crippen molar-refractivity contribution in [3.05, 3.63) is 59.9 Å². The van der Waals surface area contributed by atoms with Gasteiger partial charge in [0, 0.05) is 5.92 Å². The lowest BCUT2D eigenvalue weighted by atomic mass is 10.0. The number of methoxy groups -OCH3 is 1. The maximum atomic E-state index is 13.4. The van der Waals surface area contributed by atoms with E-state index in [1.165, 1.54) is 6.07 Å². The zero-order chi connectivity index (χ0) is 14.4. The Kier molecular flexibility index (Phi) is 4.96. The molecule has 0 aliphatic heterocycles. The van der Waals surface area contributed by atoms with Crippen LogP contribution in [-0.2, 0) is 0 Å². The van der Waals surface area contributed by atoms with E-state index in [9.17, 15) is 9.50 Å². The van der Waals surface area contributed by atoms with E-state index in [-0.39, 0.29) is 24.9 Å². The van der Waals surface area contributed by atoms with Crippen LogP contribution in [0.1, 0.15) is 11.5 Å². The zero-order valence-electron chi connectivity index (χ0n) is 11.3. The Morgan fingerprint density at radius 2 is 1.80 bits per heavy atom. The summed E-state index contributed by atoms with van der Waals surface area (Å²) in [6.07, 6.45) is 0. The van der Waals surface area contributed by atoms with Gasteiger partial charge < -0.3 is 14.6 Å². The van der Waals surface area contributed by atoms with Gasteiger partial charge in [-0.3, -0.25) is 0 Å². The second-order valence-corrected chi connectivity index (χ2v) is 4.39. The van der Waals surface area contributed by atoms with E-state index in [0.717, 1.165) is 11.3 Å². The van der Waals surface area contributed by atoms with Crippen LogP contribution in [-0.4, -0.2) is 25.4 Å². The van der Waals surface area contributed by atoms with Crippen LogP contribution in [0.2, 0.25) is 0 Å². The highest BCUT2D eigenvalue weighted by molar-refractivity contribution is 5.30. The number of para-hydroxylation sites is 1. The first-order valence-electron chi connectivity index (χ1n) is 6.36. The molecule has 1 N–H and O–H groups in total. The molecule has 0 saturated heterocycles. The molecule has 2 aromatic rings. The molecule has 0 heterocycles. The number of halogens is 1. The number of hydrogen-bond acceptors (Lipinski definition) is 3. The smallest absolute Gasteiger partial charge is 0.165 e. The summed E-state index contributed by atoms with van der Waals surface area (Å²) < 4.78 is 24.0. The van der Waals surface area contributed by atoms with Crippen LogP contribution in [0.5, 0.6) is 11.5 Å². The molecule has 4 heteroatoms. The van der Waals surface area contributed by atoms with Crippen LogP contribution < -0.4 is 9.47 Å². The number of ether oxygens (including phenoxy) is 2. The first kappa shape index (κ1) is 14.3. The number of aliphatic hydroxyl groups is 1. The van der Waals surface area contributed by atoms with Crippen molar-refractivity contribution in [1.29, 1.82) is 0 Å². The van der Waals surface area contributed by atoms with E-state index in [0.29, 0.717) is 0 Å². The molecule has 0 aromatic heterocycles. The Labute approximate surface area is 117 Å². The Hall–Kier alpha value is -2.07. The van der Waals surface area contributed by atoms with Crippen LogP contribution in [0.3, 0.4) is 0 Å². The highest BCUT2D eigenvalue weighted by atomic mass is 19.1. The fourth-order valence-corrected chi connectivity index (χ4v) is 1.88. The van der Waals surface area contributed by atoms with Gasteiger partial charge >= 0.3 is 0 Å². The van der Waals surface area contributed by atoms with Gasteiger partial charge in [-0.2, -0.15) is 0 Å².